The van der Waals surface area contributed by atoms with Crippen LogP contribution in [0.4, 0.5) is 0 Å². The van der Waals surface area contributed by atoms with E-state index in [0.29, 0.717) is 5.56 Å². The van der Waals surface area contributed by atoms with E-state index in [9.17, 15) is 9.90 Å². The van der Waals surface area contributed by atoms with Crippen molar-refractivity contribution in [2.24, 2.45) is 11.0 Å². The topological polar surface area (TPSA) is 61.7 Å². The van der Waals surface area contributed by atoms with Gasteiger partial charge in [-0.05, 0) is 17.0 Å². The van der Waals surface area contributed by atoms with Gasteiger partial charge in [0.05, 0.1) is 5.71 Å². The first-order valence-electron chi connectivity index (χ1n) is 7.25. The van der Waals surface area contributed by atoms with Crippen LogP contribution >= 0.6 is 0 Å². The van der Waals surface area contributed by atoms with Crippen LogP contribution in [0.1, 0.15) is 31.1 Å². The number of hydrogen-bond acceptors (Lipinski definition) is 3. The van der Waals surface area contributed by atoms with Gasteiger partial charge >= 0.3 is 0 Å². The minimum Gasteiger partial charge on any atom is -0.378 e. The average Bonchev–Trinajstić information content (AvgIpc) is 2.55. The molecule has 0 aliphatic carbocycles. The van der Waals surface area contributed by atoms with Crippen molar-refractivity contribution in [2.45, 2.75) is 20.0 Å². The summed E-state index contributed by atoms with van der Waals surface area (Å²) in [6.07, 6.45) is -1.23. The molecular formula is C18H20N2O2. The highest BCUT2D eigenvalue weighted by atomic mass is 16.3. The predicted molar refractivity (Wildman–Crippen MR) is 87.4 cm³/mol. The van der Waals surface area contributed by atoms with Gasteiger partial charge in [-0.15, -0.1) is 0 Å². The minimum absolute atomic E-state index is 0.150. The molecule has 4 nitrogen and oxygen atoms in total. The zero-order valence-corrected chi connectivity index (χ0v) is 12.7. The number of aliphatic hydroxyl groups excluding tert-OH is 1. The number of carbonyl (C=O) groups is 1. The van der Waals surface area contributed by atoms with E-state index in [-0.39, 0.29) is 5.92 Å². The third kappa shape index (κ3) is 4.02. The molecule has 0 aliphatic rings. The zero-order valence-electron chi connectivity index (χ0n) is 12.7. The lowest BCUT2D eigenvalue weighted by Gasteiger charge is -2.13. The van der Waals surface area contributed by atoms with Gasteiger partial charge in [0.25, 0.3) is 5.91 Å². The Morgan fingerprint density at radius 2 is 1.55 bits per heavy atom. The molecule has 0 heterocycles. The second-order valence-corrected chi connectivity index (χ2v) is 5.31. The van der Waals surface area contributed by atoms with E-state index in [2.05, 4.69) is 10.5 Å². The second kappa shape index (κ2) is 7.52. The van der Waals surface area contributed by atoms with Crippen LogP contribution in [0.2, 0.25) is 0 Å². The first kappa shape index (κ1) is 15.9. The summed E-state index contributed by atoms with van der Waals surface area (Å²) < 4.78 is 0. The highest BCUT2D eigenvalue weighted by Crippen LogP contribution is 2.13. The molecule has 0 saturated heterocycles. The van der Waals surface area contributed by atoms with Gasteiger partial charge in [0.15, 0.2) is 6.10 Å². The van der Waals surface area contributed by atoms with Gasteiger partial charge in [0.1, 0.15) is 0 Å². The number of hydrogen-bond donors (Lipinski definition) is 2. The second-order valence-electron chi connectivity index (χ2n) is 5.31. The molecule has 0 bridgehead atoms. The molecule has 2 aromatic carbocycles. The van der Waals surface area contributed by atoms with E-state index in [4.69, 9.17) is 0 Å². The van der Waals surface area contributed by atoms with Crippen molar-refractivity contribution in [2.75, 3.05) is 0 Å². The molecule has 1 atom stereocenters. The normalized spacial score (nSPS) is 13.0. The van der Waals surface area contributed by atoms with Crippen LogP contribution in [0.5, 0.6) is 0 Å². The number of aliphatic hydroxyl groups is 1. The van der Waals surface area contributed by atoms with Gasteiger partial charge in [0, 0.05) is 0 Å². The maximum atomic E-state index is 12.0. The summed E-state index contributed by atoms with van der Waals surface area (Å²) in [5.74, 6) is -0.392. The Labute approximate surface area is 130 Å². The van der Waals surface area contributed by atoms with Crippen molar-refractivity contribution in [3.63, 3.8) is 0 Å². The number of amides is 1. The summed E-state index contributed by atoms with van der Waals surface area (Å²) >= 11 is 0. The number of nitrogens with one attached hydrogen (secondary N) is 1. The van der Waals surface area contributed by atoms with E-state index in [1.54, 1.807) is 24.3 Å². The summed E-state index contributed by atoms with van der Waals surface area (Å²) in [7, 11) is 0. The van der Waals surface area contributed by atoms with E-state index in [0.717, 1.165) is 11.3 Å². The highest BCUT2D eigenvalue weighted by molar-refractivity contribution is 6.02. The zero-order chi connectivity index (χ0) is 15.9. The summed E-state index contributed by atoms with van der Waals surface area (Å²) in [6, 6.07) is 18.5. The molecule has 2 N–H and O–H groups in total. The molecule has 0 radical (unpaired) electrons. The van der Waals surface area contributed by atoms with Crippen LogP contribution in [-0.4, -0.2) is 16.7 Å². The largest absolute Gasteiger partial charge is 0.378 e. The van der Waals surface area contributed by atoms with Crippen molar-refractivity contribution >= 4 is 11.6 Å². The molecule has 2 aromatic rings. The Morgan fingerprint density at radius 3 is 2.09 bits per heavy atom. The van der Waals surface area contributed by atoms with Crippen molar-refractivity contribution in [3.8, 4) is 0 Å². The molecule has 114 valence electrons. The van der Waals surface area contributed by atoms with Crippen LogP contribution in [-0.2, 0) is 4.79 Å². The van der Waals surface area contributed by atoms with E-state index in [1.807, 2.05) is 50.2 Å². The van der Waals surface area contributed by atoms with Crippen molar-refractivity contribution in [1.29, 1.82) is 0 Å². The van der Waals surface area contributed by atoms with Crippen molar-refractivity contribution in [1.82, 2.24) is 5.43 Å². The first-order valence-corrected chi connectivity index (χ1v) is 7.25. The molecule has 0 aliphatic heterocycles. The van der Waals surface area contributed by atoms with Gasteiger partial charge in [-0.1, -0.05) is 74.5 Å². The fourth-order valence-electron chi connectivity index (χ4n) is 2.10. The molecule has 22 heavy (non-hydrogen) atoms. The summed E-state index contributed by atoms with van der Waals surface area (Å²) in [5, 5.41) is 14.2. The maximum Gasteiger partial charge on any atom is 0.273 e. The molecule has 4 heteroatoms. The van der Waals surface area contributed by atoms with Crippen LogP contribution in [0, 0.1) is 5.92 Å². The minimum atomic E-state index is -1.23. The van der Waals surface area contributed by atoms with Crippen LogP contribution in [0.15, 0.2) is 65.8 Å². The number of rotatable bonds is 5. The quantitative estimate of drug-likeness (QED) is 0.658. The van der Waals surface area contributed by atoms with Crippen LogP contribution < -0.4 is 5.43 Å². The molecule has 0 aromatic heterocycles. The molecule has 2 rings (SSSR count). The molecular weight excluding hydrogens is 276 g/mol. The number of benzene rings is 2. The lowest BCUT2D eigenvalue weighted by molar-refractivity contribution is -0.129. The molecule has 0 unspecified atom stereocenters. The van der Waals surface area contributed by atoms with Gasteiger partial charge in [-0.2, -0.15) is 5.10 Å². The number of carbonyl (C=O) groups excluding carboxylic acids is 1. The van der Waals surface area contributed by atoms with Crippen molar-refractivity contribution in [3.05, 3.63) is 71.8 Å². The maximum absolute atomic E-state index is 12.0. The smallest absolute Gasteiger partial charge is 0.273 e. The highest BCUT2D eigenvalue weighted by Gasteiger charge is 2.17. The monoisotopic (exact) mass is 296 g/mol. The van der Waals surface area contributed by atoms with Gasteiger partial charge in [-0.25, -0.2) is 5.43 Å². The molecule has 1 amide bonds. The Bertz CT molecular complexity index is 637. The van der Waals surface area contributed by atoms with Gasteiger partial charge in [-0.3, -0.25) is 4.79 Å². The third-order valence-electron chi connectivity index (χ3n) is 3.27. The molecule has 0 fully saturated rings. The first-order chi connectivity index (χ1) is 10.6. The Kier molecular flexibility index (Phi) is 5.44. The third-order valence-corrected chi connectivity index (χ3v) is 3.27. The predicted octanol–water partition coefficient (Wildman–Crippen LogP) is 2.90. The Balaban J connectivity index is 2.13. The fraction of sp³-hybridized carbons (Fsp3) is 0.222. The summed E-state index contributed by atoms with van der Waals surface area (Å²) in [6.45, 7) is 4.01. The summed E-state index contributed by atoms with van der Waals surface area (Å²) in [4.78, 5) is 12.0. The fourth-order valence-corrected chi connectivity index (χ4v) is 2.10. The van der Waals surface area contributed by atoms with E-state index >= 15 is 0 Å². The molecule has 0 saturated carbocycles. The van der Waals surface area contributed by atoms with E-state index < -0.39 is 12.0 Å². The van der Waals surface area contributed by atoms with Gasteiger partial charge < -0.3 is 5.11 Å². The number of nitrogens with zero attached hydrogens (tertiary/aromatic N) is 1. The lowest BCUT2D eigenvalue weighted by Crippen LogP contribution is -2.27. The SMILES string of the molecule is CC(C)/C(=N/NC(=O)[C@@H](O)c1ccccc1)c1ccccc1. The Morgan fingerprint density at radius 1 is 1.00 bits per heavy atom. The van der Waals surface area contributed by atoms with Crippen LogP contribution in [0.3, 0.4) is 0 Å². The Hall–Kier alpha value is -2.46. The lowest BCUT2D eigenvalue weighted by atomic mass is 10.0. The number of hydrazone groups is 1. The van der Waals surface area contributed by atoms with E-state index in [1.165, 1.54) is 0 Å². The average molecular weight is 296 g/mol. The van der Waals surface area contributed by atoms with Gasteiger partial charge in [0.2, 0.25) is 0 Å². The standard InChI is InChI=1S/C18H20N2O2/c1-13(2)16(14-9-5-3-6-10-14)19-20-18(22)17(21)15-11-7-4-8-12-15/h3-13,17,21H,1-2H3,(H,20,22)/b19-16-/t17-/m0/s1. The summed E-state index contributed by atoms with van der Waals surface area (Å²) in [5.41, 5.74) is 4.73. The molecule has 0 spiro atoms. The van der Waals surface area contributed by atoms with Crippen LogP contribution in [0.25, 0.3) is 0 Å². The van der Waals surface area contributed by atoms with Crippen molar-refractivity contribution < 1.29 is 9.90 Å².